The van der Waals surface area contributed by atoms with Crippen molar-refractivity contribution >= 4 is 23.6 Å². The maximum Gasteiger partial charge on any atom is 0.246 e. The van der Waals surface area contributed by atoms with Crippen LogP contribution in [0, 0.1) is 5.82 Å². The molecule has 7 nitrogen and oxygen atoms in total. The van der Waals surface area contributed by atoms with E-state index in [1.165, 1.54) is 24.3 Å². The molecule has 0 bridgehead atoms. The third-order valence-electron chi connectivity index (χ3n) is 5.25. The first-order chi connectivity index (χ1) is 15.5. The Hall–Kier alpha value is -3.23. The minimum absolute atomic E-state index is 0.177. The van der Waals surface area contributed by atoms with Gasteiger partial charge in [0.05, 0.1) is 18.7 Å². The van der Waals surface area contributed by atoms with Gasteiger partial charge >= 0.3 is 0 Å². The molecule has 0 spiro atoms. The van der Waals surface area contributed by atoms with E-state index in [1.54, 1.807) is 18.1 Å². The van der Waals surface area contributed by atoms with Gasteiger partial charge in [0, 0.05) is 43.4 Å². The molecule has 1 aromatic heterocycles. The highest BCUT2D eigenvalue weighted by Gasteiger charge is 2.21. The monoisotopic (exact) mass is 456 g/mol. The Morgan fingerprint density at radius 1 is 1.19 bits per heavy atom. The van der Waals surface area contributed by atoms with E-state index in [1.807, 2.05) is 24.3 Å². The number of nitrogens with zero attached hydrogens (tertiary/aromatic N) is 4. The summed E-state index contributed by atoms with van der Waals surface area (Å²) in [5.74, 6) is 1.17. The van der Waals surface area contributed by atoms with Gasteiger partial charge in [0.1, 0.15) is 11.6 Å². The topological polar surface area (TPSA) is 71.7 Å². The van der Waals surface area contributed by atoms with Crippen LogP contribution in [0.1, 0.15) is 11.5 Å². The smallest absolute Gasteiger partial charge is 0.246 e. The van der Waals surface area contributed by atoms with Crippen molar-refractivity contribution in [2.75, 3.05) is 33.3 Å². The van der Waals surface area contributed by atoms with Crippen LogP contribution in [0.3, 0.4) is 0 Å². The Morgan fingerprint density at radius 3 is 2.62 bits per heavy atom. The molecule has 0 saturated carbocycles. The summed E-state index contributed by atoms with van der Waals surface area (Å²) in [7, 11) is 1.61. The first kappa shape index (κ1) is 22.0. The number of hydrogen-bond donors (Lipinski definition) is 0. The van der Waals surface area contributed by atoms with Crippen molar-refractivity contribution < 1.29 is 18.4 Å². The summed E-state index contributed by atoms with van der Waals surface area (Å²) >= 11 is 6.00. The molecular formula is C23H22ClFN4O3. The summed E-state index contributed by atoms with van der Waals surface area (Å²) in [5, 5.41) is 4.32. The number of halogens is 2. The lowest BCUT2D eigenvalue weighted by Gasteiger charge is -2.33. The predicted molar refractivity (Wildman–Crippen MR) is 119 cm³/mol. The lowest BCUT2D eigenvalue weighted by Crippen LogP contribution is -2.47. The molecule has 1 saturated heterocycles. The Balaban J connectivity index is 1.30. The van der Waals surface area contributed by atoms with Gasteiger partial charge in [0.2, 0.25) is 17.6 Å². The average Bonchev–Trinajstić information content (AvgIpc) is 3.27. The van der Waals surface area contributed by atoms with Gasteiger partial charge in [0.15, 0.2) is 0 Å². The predicted octanol–water partition coefficient (Wildman–Crippen LogP) is 3.90. The molecule has 2 heterocycles. The van der Waals surface area contributed by atoms with Crippen molar-refractivity contribution in [1.82, 2.24) is 19.9 Å². The first-order valence-electron chi connectivity index (χ1n) is 10.1. The van der Waals surface area contributed by atoms with Gasteiger partial charge in [-0.3, -0.25) is 9.69 Å². The number of ether oxygens (including phenoxy) is 1. The van der Waals surface area contributed by atoms with Crippen molar-refractivity contribution in [2.24, 2.45) is 0 Å². The van der Waals surface area contributed by atoms with Crippen LogP contribution in [0.5, 0.6) is 5.75 Å². The molecule has 0 atom stereocenters. The fraction of sp³-hybridized carbons (Fsp3) is 0.261. The van der Waals surface area contributed by atoms with Crippen LogP contribution in [0.2, 0.25) is 5.02 Å². The van der Waals surface area contributed by atoms with Crippen LogP contribution >= 0.6 is 11.6 Å². The molecule has 0 N–H and O–H groups in total. The molecule has 0 aliphatic carbocycles. The van der Waals surface area contributed by atoms with E-state index in [0.717, 1.165) is 11.3 Å². The van der Waals surface area contributed by atoms with Crippen molar-refractivity contribution in [1.29, 1.82) is 0 Å². The van der Waals surface area contributed by atoms with Gasteiger partial charge in [0.25, 0.3) is 0 Å². The molecule has 1 aliphatic heterocycles. The molecule has 32 heavy (non-hydrogen) atoms. The van der Waals surface area contributed by atoms with E-state index in [9.17, 15) is 9.18 Å². The summed E-state index contributed by atoms with van der Waals surface area (Å²) in [4.78, 5) is 20.8. The highest BCUT2D eigenvalue weighted by atomic mass is 35.5. The Bertz CT molecular complexity index is 1090. The van der Waals surface area contributed by atoms with E-state index in [-0.39, 0.29) is 16.5 Å². The highest BCUT2D eigenvalue weighted by Crippen LogP contribution is 2.21. The minimum Gasteiger partial charge on any atom is -0.497 e. The zero-order valence-corrected chi connectivity index (χ0v) is 18.3. The van der Waals surface area contributed by atoms with Crippen molar-refractivity contribution in [2.45, 2.75) is 6.54 Å². The number of piperazine rings is 1. The standard InChI is InChI=1S/C23H22ClFN4O3/c1-31-17-7-5-16(6-8-17)23-26-21(32-27-23)15-28-11-13-29(14-12-28)22(30)10-9-18-19(24)3-2-4-20(18)25/h2-10H,11-15H2,1H3/b10-9+. The number of hydrogen-bond acceptors (Lipinski definition) is 6. The Kier molecular flexibility index (Phi) is 6.82. The summed E-state index contributed by atoms with van der Waals surface area (Å²) in [6, 6.07) is 11.9. The molecule has 0 unspecified atom stereocenters. The maximum atomic E-state index is 13.9. The fourth-order valence-corrected chi connectivity index (χ4v) is 3.65. The van der Waals surface area contributed by atoms with Gasteiger partial charge < -0.3 is 14.2 Å². The Labute approximate surface area is 190 Å². The number of aromatic nitrogens is 2. The van der Waals surface area contributed by atoms with E-state index in [0.29, 0.717) is 44.4 Å². The molecular weight excluding hydrogens is 435 g/mol. The van der Waals surface area contributed by atoms with Gasteiger partial charge in [-0.25, -0.2) is 4.39 Å². The van der Waals surface area contributed by atoms with Crippen LogP contribution in [-0.4, -0.2) is 59.1 Å². The molecule has 9 heteroatoms. The molecule has 2 aromatic carbocycles. The van der Waals surface area contributed by atoms with Gasteiger partial charge in [-0.2, -0.15) is 4.98 Å². The third kappa shape index (κ3) is 5.15. The van der Waals surface area contributed by atoms with Crippen LogP contribution in [0.15, 0.2) is 53.1 Å². The van der Waals surface area contributed by atoms with Crippen LogP contribution < -0.4 is 4.74 Å². The maximum absolute atomic E-state index is 13.9. The van der Waals surface area contributed by atoms with Crippen molar-refractivity contribution in [3.63, 3.8) is 0 Å². The number of amides is 1. The lowest BCUT2D eigenvalue weighted by atomic mass is 10.2. The second-order valence-electron chi connectivity index (χ2n) is 7.31. The molecule has 1 amide bonds. The van der Waals surface area contributed by atoms with E-state index in [2.05, 4.69) is 15.0 Å². The van der Waals surface area contributed by atoms with Crippen molar-refractivity contribution in [3.8, 4) is 17.1 Å². The van der Waals surface area contributed by atoms with Gasteiger partial charge in [-0.1, -0.05) is 22.8 Å². The summed E-state index contributed by atoms with van der Waals surface area (Å²) in [5.41, 5.74) is 1.06. The Morgan fingerprint density at radius 2 is 1.94 bits per heavy atom. The minimum atomic E-state index is -0.458. The number of carbonyl (C=O) groups is 1. The summed E-state index contributed by atoms with van der Waals surface area (Å²) in [6.07, 6.45) is 2.78. The number of benzene rings is 2. The second-order valence-corrected chi connectivity index (χ2v) is 7.72. The van der Waals surface area contributed by atoms with Gasteiger partial charge in [-0.15, -0.1) is 0 Å². The fourth-order valence-electron chi connectivity index (χ4n) is 3.42. The zero-order chi connectivity index (χ0) is 22.5. The zero-order valence-electron chi connectivity index (χ0n) is 17.5. The summed E-state index contributed by atoms with van der Waals surface area (Å²) in [6.45, 7) is 2.94. The summed E-state index contributed by atoms with van der Waals surface area (Å²) < 4.78 is 24.4. The lowest BCUT2D eigenvalue weighted by molar-refractivity contribution is -0.127. The molecule has 166 valence electrons. The van der Waals surface area contributed by atoms with E-state index in [4.69, 9.17) is 20.9 Å². The largest absolute Gasteiger partial charge is 0.497 e. The van der Waals surface area contributed by atoms with Crippen LogP contribution in [-0.2, 0) is 11.3 Å². The van der Waals surface area contributed by atoms with E-state index >= 15 is 0 Å². The highest BCUT2D eigenvalue weighted by molar-refractivity contribution is 6.32. The first-order valence-corrected chi connectivity index (χ1v) is 10.5. The van der Waals surface area contributed by atoms with E-state index < -0.39 is 5.82 Å². The molecule has 1 fully saturated rings. The van der Waals surface area contributed by atoms with Crippen molar-refractivity contribution in [3.05, 3.63) is 70.8 Å². The SMILES string of the molecule is COc1ccc(-c2noc(CN3CCN(C(=O)/C=C/c4c(F)cccc4Cl)CC3)n2)cc1. The molecule has 1 aliphatic rings. The number of carbonyl (C=O) groups excluding carboxylic acids is 1. The van der Waals surface area contributed by atoms with Crippen LogP contribution in [0.4, 0.5) is 4.39 Å². The molecule has 4 rings (SSSR count). The average molecular weight is 457 g/mol. The van der Waals surface area contributed by atoms with Crippen LogP contribution in [0.25, 0.3) is 17.5 Å². The molecule has 0 radical (unpaired) electrons. The quantitative estimate of drug-likeness (QED) is 0.524. The van der Waals surface area contributed by atoms with Gasteiger partial charge in [-0.05, 0) is 42.5 Å². The second kappa shape index (κ2) is 9.93. The number of methoxy groups -OCH3 is 1. The normalized spacial score (nSPS) is 14.8. The molecule has 3 aromatic rings. The number of rotatable bonds is 6. The third-order valence-corrected chi connectivity index (χ3v) is 5.58.